The molecule has 0 atom stereocenters. The Morgan fingerprint density at radius 2 is 2.38 bits per heavy atom. The maximum Gasteiger partial charge on any atom is 0.108 e. The standard InChI is InChI=1S/C9H14N2S2/c1-2-3-8-11-13-12-9-6-4-5-7-10-9/h4-7,11H,2-3,8H2,1H3. The third kappa shape index (κ3) is 5.18. The minimum absolute atomic E-state index is 1.05. The Morgan fingerprint density at radius 3 is 3.08 bits per heavy atom. The van der Waals surface area contributed by atoms with Crippen LogP contribution in [0.15, 0.2) is 29.4 Å². The zero-order valence-corrected chi connectivity index (χ0v) is 9.33. The molecule has 2 nitrogen and oxygen atoms in total. The molecule has 0 aliphatic carbocycles. The fourth-order valence-electron chi connectivity index (χ4n) is 0.759. The lowest BCUT2D eigenvalue weighted by Gasteiger charge is -2.00. The van der Waals surface area contributed by atoms with Crippen LogP contribution in [0, 0.1) is 0 Å². The molecule has 13 heavy (non-hydrogen) atoms. The van der Waals surface area contributed by atoms with Crippen LogP contribution < -0.4 is 4.72 Å². The van der Waals surface area contributed by atoms with Crippen LogP contribution >= 0.6 is 21.8 Å². The number of rotatable bonds is 6. The molecule has 0 radical (unpaired) electrons. The lowest BCUT2D eigenvalue weighted by atomic mass is 10.3. The molecular weight excluding hydrogens is 200 g/mol. The van der Waals surface area contributed by atoms with E-state index >= 15 is 0 Å². The van der Waals surface area contributed by atoms with Gasteiger partial charge < -0.3 is 0 Å². The van der Waals surface area contributed by atoms with E-state index in [0.717, 1.165) is 11.6 Å². The van der Waals surface area contributed by atoms with Gasteiger partial charge in [-0.2, -0.15) is 0 Å². The SMILES string of the molecule is CCCCNSSc1ccccn1. The summed E-state index contributed by atoms with van der Waals surface area (Å²) in [7, 11) is 3.32. The van der Waals surface area contributed by atoms with Crippen molar-refractivity contribution in [2.75, 3.05) is 6.54 Å². The number of unbranched alkanes of at least 4 members (excludes halogenated alkanes) is 1. The third-order valence-corrected chi connectivity index (χ3v) is 3.39. The smallest absolute Gasteiger partial charge is 0.108 e. The van der Waals surface area contributed by atoms with Crippen molar-refractivity contribution in [1.82, 2.24) is 9.71 Å². The molecule has 72 valence electrons. The van der Waals surface area contributed by atoms with E-state index in [1.165, 1.54) is 12.8 Å². The van der Waals surface area contributed by atoms with E-state index in [1.54, 1.807) is 21.8 Å². The van der Waals surface area contributed by atoms with Crippen LogP contribution in [-0.4, -0.2) is 11.5 Å². The first-order valence-corrected chi connectivity index (χ1v) is 6.56. The fourth-order valence-corrected chi connectivity index (χ4v) is 2.35. The summed E-state index contributed by atoms with van der Waals surface area (Å²) in [6.07, 6.45) is 4.28. The Hall–Kier alpha value is -0.190. The molecule has 0 spiro atoms. The second-order valence-corrected chi connectivity index (χ2v) is 4.62. The third-order valence-electron chi connectivity index (χ3n) is 1.46. The fraction of sp³-hybridized carbons (Fsp3) is 0.444. The van der Waals surface area contributed by atoms with E-state index in [1.807, 2.05) is 24.4 Å². The van der Waals surface area contributed by atoms with Gasteiger partial charge in [0.05, 0.1) is 0 Å². The van der Waals surface area contributed by atoms with Gasteiger partial charge in [0.15, 0.2) is 0 Å². The summed E-state index contributed by atoms with van der Waals surface area (Å²) in [6, 6.07) is 5.94. The minimum atomic E-state index is 1.05. The lowest BCUT2D eigenvalue weighted by molar-refractivity contribution is 0.778. The van der Waals surface area contributed by atoms with Gasteiger partial charge >= 0.3 is 0 Å². The summed E-state index contributed by atoms with van der Waals surface area (Å²) in [5, 5.41) is 1.05. The van der Waals surface area contributed by atoms with E-state index in [4.69, 9.17) is 0 Å². The van der Waals surface area contributed by atoms with Crippen molar-refractivity contribution >= 4 is 21.8 Å². The number of nitrogens with zero attached hydrogens (tertiary/aromatic N) is 1. The lowest BCUT2D eigenvalue weighted by Crippen LogP contribution is -2.02. The average Bonchev–Trinajstić information content (AvgIpc) is 2.19. The van der Waals surface area contributed by atoms with E-state index in [-0.39, 0.29) is 0 Å². The summed E-state index contributed by atoms with van der Waals surface area (Å²) in [4.78, 5) is 4.20. The molecule has 0 bridgehead atoms. The van der Waals surface area contributed by atoms with Crippen LogP contribution in [0.2, 0.25) is 0 Å². The summed E-state index contributed by atoms with van der Waals surface area (Å²) in [5.41, 5.74) is 0. The molecule has 1 N–H and O–H groups in total. The van der Waals surface area contributed by atoms with Crippen molar-refractivity contribution in [3.05, 3.63) is 24.4 Å². The number of aromatic nitrogens is 1. The van der Waals surface area contributed by atoms with Gasteiger partial charge in [0.2, 0.25) is 0 Å². The monoisotopic (exact) mass is 214 g/mol. The average molecular weight is 214 g/mol. The van der Waals surface area contributed by atoms with Crippen molar-refractivity contribution in [2.24, 2.45) is 0 Å². The van der Waals surface area contributed by atoms with Gasteiger partial charge in [-0.15, -0.1) is 0 Å². The van der Waals surface area contributed by atoms with E-state index in [2.05, 4.69) is 16.6 Å². The Kier molecular flexibility index (Phi) is 6.06. The summed E-state index contributed by atoms with van der Waals surface area (Å²) >= 11 is 0. The van der Waals surface area contributed by atoms with Crippen molar-refractivity contribution in [3.8, 4) is 0 Å². The summed E-state index contributed by atoms with van der Waals surface area (Å²) in [6.45, 7) is 3.26. The van der Waals surface area contributed by atoms with Crippen LogP contribution in [0.5, 0.6) is 0 Å². The molecular formula is C9H14N2S2. The molecule has 0 fully saturated rings. The number of hydrogen-bond donors (Lipinski definition) is 1. The van der Waals surface area contributed by atoms with Gasteiger partial charge in [0.25, 0.3) is 0 Å². The molecule has 0 aliphatic rings. The van der Waals surface area contributed by atoms with Gasteiger partial charge in [-0.05, 0) is 40.3 Å². The highest BCUT2D eigenvalue weighted by atomic mass is 33.1. The normalized spacial score (nSPS) is 10.2. The molecule has 0 aliphatic heterocycles. The second kappa shape index (κ2) is 7.24. The zero-order chi connectivity index (χ0) is 9.36. The molecule has 0 saturated carbocycles. The molecule has 1 heterocycles. The summed E-state index contributed by atoms with van der Waals surface area (Å²) in [5.74, 6) is 0. The van der Waals surface area contributed by atoms with E-state index < -0.39 is 0 Å². The van der Waals surface area contributed by atoms with Crippen LogP contribution in [0.4, 0.5) is 0 Å². The van der Waals surface area contributed by atoms with Crippen LogP contribution in [0.3, 0.4) is 0 Å². The molecule has 0 saturated heterocycles. The highest BCUT2D eigenvalue weighted by Gasteiger charge is 1.93. The molecule has 0 aromatic carbocycles. The molecule has 4 heteroatoms. The Labute approximate surface area is 87.4 Å². The van der Waals surface area contributed by atoms with Gasteiger partial charge in [-0.1, -0.05) is 19.4 Å². The zero-order valence-electron chi connectivity index (χ0n) is 7.69. The maximum atomic E-state index is 4.20. The largest absolute Gasteiger partial charge is 0.254 e. The molecule has 0 amide bonds. The van der Waals surface area contributed by atoms with Crippen molar-refractivity contribution in [3.63, 3.8) is 0 Å². The maximum absolute atomic E-state index is 4.20. The predicted molar refractivity (Wildman–Crippen MR) is 60.6 cm³/mol. The predicted octanol–water partition coefficient (Wildman–Crippen LogP) is 3.13. The van der Waals surface area contributed by atoms with Gasteiger partial charge in [-0.3, -0.25) is 4.72 Å². The van der Waals surface area contributed by atoms with Gasteiger partial charge in [0, 0.05) is 12.7 Å². The molecule has 1 aromatic heterocycles. The van der Waals surface area contributed by atoms with Crippen LogP contribution in [0.25, 0.3) is 0 Å². The number of hydrogen-bond acceptors (Lipinski definition) is 4. The van der Waals surface area contributed by atoms with E-state index in [0.29, 0.717) is 0 Å². The number of pyridine rings is 1. The highest BCUT2D eigenvalue weighted by molar-refractivity contribution is 8.76. The Morgan fingerprint density at radius 1 is 1.46 bits per heavy atom. The summed E-state index contributed by atoms with van der Waals surface area (Å²) < 4.78 is 3.27. The van der Waals surface area contributed by atoms with Gasteiger partial charge in [0.1, 0.15) is 5.03 Å². The van der Waals surface area contributed by atoms with Crippen molar-refractivity contribution in [1.29, 1.82) is 0 Å². The minimum Gasteiger partial charge on any atom is -0.254 e. The Bertz CT molecular complexity index is 216. The first-order valence-electron chi connectivity index (χ1n) is 4.41. The first kappa shape index (κ1) is 10.9. The first-order chi connectivity index (χ1) is 6.43. The number of nitrogens with one attached hydrogen (secondary N) is 1. The van der Waals surface area contributed by atoms with Crippen LogP contribution in [0.1, 0.15) is 19.8 Å². The van der Waals surface area contributed by atoms with Crippen LogP contribution in [-0.2, 0) is 0 Å². The van der Waals surface area contributed by atoms with Crippen molar-refractivity contribution in [2.45, 2.75) is 24.8 Å². The molecule has 0 unspecified atom stereocenters. The molecule has 1 aromatic rings. The van der Waals surface area contributed by atoms with E-state index in [9.17, 15) is 0 Å². The second-order valence-electron chi connectivity index (χ2n) is 2.58. The quantitative estimate of drug-likeness (QED) is 0.447. The highest BCUT2D eigenvalue weighted by Crippen LogP contribution is 2.25. The molecule has 1 rings (SSSR count). The van der Waals surface area contributed by atoms with Crippen molar-refractivity contribution < 1.29 is 0 Å². The topological polar surface area (TPSA) is 24.9 Å². The Balaban J connectivity index is 2.07. The van der Waals surface area contributed by atoms with Gasteiger partial charge in [-0.25, -0.2) is 4.98 Å².